The lowest BCUT2D eigenvalue weighted by Gasteiger charge is -2.31. The molecule has 1 aliphatic carbocycles. The van der Waals surface area contributed by atoms with Gasteiger partial charge in [-0.05, 0) is 43.9 Å². The van der Waals surface area contributed by atoms with Crippen molar-refractivity contribution in [2.45, 2.75) is 38.6 Å². The summed E-state index contributed by atoms with van der Waals surface area (Å²) in [6.07, 6.45) is 7.22. The van der Waals surface area contributed by atoms with E-state index in [4.69, 9.17) is 5.73 Å². The summed E-state index contributed by atoms with van der Waals surface area (Å²) in [6, 6.07) is 3.69. The van der Waals surface area contributed by atoms with Gasteiger partial charge in [0.1, 0.15) is 11.2 Å². The van der Waals surface area contributed by atoms with Crippen LogP contribution < -0.4 is 16.6 Å². The third kappa shape index (κ3) is 3.60. The molecule has 2 aromatic heterocycles. The summed E-state index contributed by atoms with van der Waals surface area (Å²) < 4.78 is 1.42. The van der Waals surface area contributed by atoms with Gasteiger partial charge in [-0.3, -0.25) is 14.0 Å². The molecule has 3 rings (SSSR count). The Labute approximate surface area is 146 Å². The number of amides is 1. The zero-order valence-electron chi connectivity index (χ0n) is 13.7. The van der Waals surface area contributed by atoms with Crippen LogP contribution in [0.25, 0.3) is 5.65 Å². The molecule has 130 valence electrons. The molecule has 2 aromatic rings. The van der Waals surface area contributed by atoms with Crippen LogP contribution in [0.1, 0.15) is 41.6 Å². The van der Waals surface area contributed by atoms with Crippen LogP contribution >= 0.6 is 12.4 Å². The van der Waals surface area contributed by atoms with Gasteiger partial charge in [-0.1, -0.05) is 18.9 Å². The molecule has 0 aliphatic heterocycles. The topological polar surface area (TPSA) is 89.5 Å². The van der Waals surface area contributed by atoms with Crippen LogP contribution in [0.15, 0.2) is 29.3 Å². The lowest BCUT2D eigenvalue weighted by atomic mass is 9.84. The second-order valence-corrected chi connectivity index (χ2v) is 6.27. The predicted octanol–water partition coefficient (Wildman–Crippen LogP) is 1.67. The number of hydrogen-bond donors (Lipinski definition) is 2. The van der Waals surface area contributed by atoms with E-state index in [0.29, 0.717) is 12.2 Å². The SMILES string of the molecule is Cc1ccc2ncc(C(=O)NC3CCCCC3CN)c(=O)n2c1.Cl. The number of pyridine rings is 1. The molecule has 1 fully saturated rings. The summed E-state index contributed by atoms with van der Waals surface area (Å²) in [5.74, 6) is -0.0742. The zero-order chi connectivity index (χ0) is 16.4. The molecular weight excluding hydrogens is 328 g/mol. The van der Waals surface area contributed by atoms with E-state index in [1.807, 2.05) is 13.0 Å². The number of halogens is 1. The first-order chi connectivity index (χ1) is 11.1. The molecule has 0 spiro atoms. The smallest absolute Gasteiger partial charge is 0.270 e. The monoisotopic (exact) mass is 350 g/mol. The third-order valence-corrected chi connectivity index (χ3v) is 4.62. The van der Waals surface area contributed by atoms with Gasteiger partial charge < -0.3 is 11.1 Å². The molecule has 0 bridgehead atoms. The molecule has 7 heteroatoms. The minimum Gasteiger partial charge on any atom is -0.349 e. The van der Waals surface area contributed by atoms with Crippen LogP contribution in [0.2, 0.25) is 0 Å². The van der Waals surface area contributed by atoms with Gasteiger partial charge >= 0.3 is 0 Å². The number of aryl methyl sites for hydroxylation is 1. The van der Waals surface area contributed by atoms with Gasteiger partial charge in [-0.2, -0.15) is 0 Å². The first-order valence-electron chi connectivity index (χ1n) is 8.09. The quantitative estimate of drug-likeness (QED) is 0.881. The van der Waals surface area contributed by atoms with Crippen LogP contribution in [0.3, 0.4) is 0 Å². The Morgan fingerprint density at radius 1 is 1.38 bits per heavy atom. The first-order valence-corrected chi connectivity index (χ1v) is 8.09. The van der Waals surface area contributed by atoms with Crippen molar-refractivity contribution in [1.29, 1.82) is 0 Å². The van der Waals surface area contributed by atoms with Crippen LogP contribution in [0, 0.1) is 12.8 Å². The Hall–Kier alpha value is -1.92. The lowest BCUT2D eigenvalue weighted by molar-refractivity contribution is 0.0906. The average molecular weight is 351 g/mol. The van der Waals surface area contributed by atoms with Crippen molar-refractivity contribution in [3.05, 3.63) is 46.0 Å². The number of fused-ring (bicyclic) bond motifs is 1. The van der Waals surface area contributed by atoms with Gasteiger partial charge in [0.15, 0.2) is 0 Å². The van der Waals surface area contributed by atoms with Crippen LogP contribution in [-0.2, 0) is 0 Å². The van der Waals surface area contributed by atoms with Gasteiger partial charge in [0.25, 0.3) is 11.5 Å². The highest BCUT2D eigenvalue weighted by atomic mass is 35.5. The Kier molecular flexibility index (Phi) is 5.96. The van der Waals surface area contributed by atoms with Gasteiger partial charge in [0, 0.05) is 18.4 Å². The Balaban J connectivity index is 0.00000208. The minimum atomic E-state index is -0.358. The van der Waals surface area contributed by atoms with E-state index in [-0.39, 0.29) is 41.4 Å². The minimum absolute atomic E-state index is 0. The number of carbonyl (C=O) groups excluding carboxylic acids is 1. The largest absolute Gasteiger partial charge is 0.349 e. The first kappa shape index (κ1) is 18.4. The molecule has 3 N–H and O–H groups in total. The van der Waals surface area contributed by atoms with E-state index in [1.54, 1.807) is 12.3 Å². The zero-order valence-corrected chi connectivity index (χ0v) is 14.5. The summed E-state index contributed by atoms with van der Waals surface area (Å²) in [7, 11) is 0. The van der Waals surface area contributed by atoms with Crippen LogP contribution in [-0.4, -0.2) is 27.9 Å². The average Bonchev–Trinajstić information content (AvgIpc) is 2.56. The van der Waals surface area contributed by atoms with E-state index >= 15 is 0 Å². The van der Waals surface area contributed by atoms with Gasteiger partial charge in [-0.25, -0.2) is 4.98 Å². The summed E-state index contributed by atoms with van der Waals surface area (Å²) in [5, 5.41) is 2.98. The molecule has 2 atom stereocenters. The van der Waals surface area contributed by atoms with Crippen molar-refractivity contribution in [3.8, 4) is 0 Å². The van der Waals surface area contributed by atoms with E-state index in [9.17, 15) is 9.59 Å². The molecule has 1 amide bonds. The van der Waals surface area contributed by atoms with Crippen molar-refractivity contribution in [2.75, 3.05) is 6.54 Å². The number of nitrogens with zero attached hydrogens (tertiary/aromatic N) is 2. The maximum Gasteiger partial charge on any atom is 0.270 e. The fourth-order valence-corrected chi connectivity index (χ4v) is 3.26. The van der Waals surface area contributed by atoms with Gasteiger partial charge in [0.05, 0.1) is 0 Å². The van der Waals surface area contributed by atoms with E-state index < -0.39 is 0 Å². The molecule has 0 radical (unpaired) electrons. The van der Waals surface area contributed by atoms with E-state index in [1.165, 1.54) is 10.6 Å². The van der Waals surface area contributed by atoms with Crippen molar-refractivity contribution in [1.82, 2.24) is 14.7 Å². The fourth-order valence-electron chi connectivity index (χ4n) is 3.26. The van der Waals surface area contributed by atoms with E-state index in [0.717, 1.165) is 31.2 Å². The van der Waals surface area contributed by atoms with Crippen LogP contribution in [0.5, 0.6) is 0 Å². The summed E-state index contributed by atoms with van der Waals surface area (Å²) in [5.41, 5.74) is 7.02. The normalized spacial score (nSPS) is 20.4. The maximum absolute atomic E-state index is 12.6. The highest BCUT2D eigenvalue weighted by Gasteiger charge is 2.26. The molecule has 1 saturated carbocycles. The maximum atomic E-state index is 12.6. The summed E-state index contributed by atoms with van der Waals surface area (Å²) in [4.78, 5) is 29.3. The number of nitrogens with one attached hydrogen (secondary N) is 1. The lowest BCUT2D eigenvalue weighted by Crippen LogP contribution is -2.46. The van der Waals surface area contributed by atoms with Crippen molar-refractivity contribution in [2.24, 2.45) is 11.7 Å². The number of hydrogen-bond acceptors (Lipinski definition) is 4. The number of carbonyl (C=O) groups is 1. The Bertz CT molecular complexity index is 790. The summed E-state index contributed by atoms with van der Waals surface area (Å²) in [6.45, 7) is 2.45. The Morgan fingerprint density at radius 3 is 2.88 bits per heavy atom. The molecule has 1 aliphatic rings. The number of aromatic nitrogens is 2. The number of rotatable bonds is 3. The molecule has 0 aromatic carbocycles. The highest BCUT2D eigenvalue weighted by molar-refractivity contribution is 5.94. The Morgan fingerprint density at radius 2 is 2.12 bits per heavy atom. The second-order valence-electron chi connectivity index (χ2n) is 6.27. The molecule has 24 heavy (non-hydrogen) atoms. The number of nitrogens with two attached hydrogens (primary N) is 1. The van der Waals surface area contributed by atoms with Crippen molar-refractivity contribution in [3.63, 3.8) is 0 Å². The predicted molar refractivity (Wildman–Crippen MR) is 95.7 cm³/mol. The van der Waals surface area contributed by atoms with Crippen LogP contribution in [0.4, 0.5) is 0 Å². The molecular formula is C17H23ClN4O2. The molecule has 2 unspecified atom stereocenters. The third-order valence-electron chi connectivity index (χ3n) is 4.62. The second kappa shape index (κ2) is 7.77. The highest BCUT2D eigenvalue weighted by Crippen LogP contribution is 2.23. The van der Waals surface area contributed by atoms with Gasteiger partial charge in [0.2, 0.25) is 0 Å². The van der Waals surface area contributed by atoms with Crippen molar-refractivity contribution >= 4 is 24.0 Å². The van der Waals surface area contributed by atoms with Gasteiger partial charge in [-0.15, -0.1) is 12.4 Å². The standard InChI is InChI=1S/C17H22N4O2.ClH/c1-11-6-7-15-19-9-13(17(23)21(15)10-11)16(22)20-14-5-3-2-4-12(14)8-18;/h6-7,9-10,12,14H,2-5,8,18H2,1H3,(H,20,22);1H. The van der Waals surface area contributed by atoms with Crippen molar-refractivity contribution < 1.29 is 4.79 Å². The molecule has 2 heterocycles. The molecule has 0 saturated heterocycles. The fraction of sp³-hybridized carbons (Fsp3) is 0.471. The summed E-state index contributed by atoms with van der Waals surface area (Å²) >= 11 is 0. The van der Waals surface area contributed by atoms with E-state index in [2.05, 4.69) is 10.3 Å². The molecule has 6 nitrogen and oxygen atoms in total.